The first-order valence-electron chi connectivity index (χ1n) is 16.2. The molecule has 2 aromatic carbocycles. The first-order chi connectivity index (χ1) is 22.8. The summed E-state index contributed by atoms with van der Waals surface area (Å²) in [5.74, 6) is 0.676. The number of benzene rings is 2. The van der Waals surface area contributed by atoms with Gasteiger partial charge in [-0.3, -0.25) is 4.98 Å². The molecule has 0 saturated carbocycles. The summed E-state index contributed by atoms with van der Waals surface area (Å²) in [4.78, 5) is 13.9. The average Bonchev–Trinajstić information content (AvgIpc) is 3.66. The summed E-state index contributed by atoms with van der Waals surface area (Å²) < 4.78 is 44.7. The number of rotatable bonds is 4. The third-order valence-electron chi connectivity index (χ3n) is 9.35. The van der Waals surface area contributed by atoms with Crippen LogP contribution in [0.1, 0.15) is 62.5 Å². The molecule has 0 amide bonds. The number of hydrogen-bond acceptors (Lipinski definition) is 8. The van der Waals surface area contributed by atoms with Gasteiger partial charge in [0.15, 0.2) is 21.5 Å². The number of H-pyrrole nitrogens is 1. The average molecular weight is 692 g/mol. The predicted octanol–water partition coefficient (Wildman–Crippen LogP) is 6.02. The van der Waals surface area contributed by atoms with E-state index in [4.69, 9.17) is 10.1 Å². The van der Waals surface area contributed by atoms with E-state index < -0.39 is 32.6 Å². The van der Waals surface area contributed by atoms with Crippen molar-refractivity contribution in [1.29, 1.82) is 0 Å². The van der Waals surface area contributed by atoms with Crippen molar-refractivity contribution >= 4 is 32.5 Å². The highest BCUT2D eigenvalue weighted by atomic mass is 32.2. The van der Waals surface area contributed by atoms with Gasteiger partial charge in [0.2, 0.25) is 0 Å². The standard InChI is InChI=1S/C36H42FN5O4S2/c1-35(2)12-6-13-36(3,24-8-5-7-23(17-24)18-25(44)21-43)34-40-33(42(4)41-34)31-19-26(9-14-39-31)47-32-28(11-16-48(45,46)22-35)27-10-15-38-30(27)20-29(32)37/h5,7-10,14-15,17,19-20,25,38,43-44H,6,11-13,16,18,21-22H2,1-4H3/t25-,36-/m1/s1. The van der Waals surface area contributed by atoms with Crippen LogP contribution in [0.15, 0.2) is 70.7 Å². The van der Waals surface area contributed by atoms with Gasteiger partial charge < -0.3 is 15.2 Å². The number of pyridine rings is 1. The molecule has 254 valence electrons. The molecule has 1 aliphatic heterocycles. The van der Waals surface area contributed by atoms with E-state index in [2.05, 4.69) is 16.9 Å². The van der Waals surface area contributed by atoms with Crippen molar-refractivity contribution in [2.75, 3.05) is 18.1 Å². The number of hydrogen-bond donors (Lipinski definition) is 3. The first-order valence-corrected chi connectivity index (χ1v) is 18.8. The summed E-state index contributed by atoms with van der Waals surface area (Å²) in [6.07, 6.45) is 5.04. The fourth-order valence-electron chi connectivity index (χ4n) is 6.82. The van der Waals surface area contributed by atoms with Gasteiger partial charge in [-0.15, -0.1) is 0 Å². The van der Waals surface area contributed by atoms with Gasteiger partial charge in [-0.2, -0.15) is 5.10 Å². The molecule has 0 radical (unpaired) electrons. The van der Waals surface area contributed by atoms with E-state index in [0.29, 0.717) is 59.0 Å². The molecule has 0 fully saturated rings. The predicted molar refractivity (Wildman–Crippen MR) is 186 cm³/mol. The van der Waals surface area contributed by atoms with Crippen molar-refractivity contribution in [3.63, 3.8) is 0 Å². The maximum Gasteiger partial charge on any atom is 0.176 e. The third-order valence-corrected chi connectivity index (χ3v) is 12.5. The van der Waals surface area contributed by atoms with Crippen LogP contribution in [0.2, 0.25) is 0 Å². The monoisotopic (exact) mass is 691 g/mol. The molecule has 4 heterocycles. The largest absolute Gasteiger partial charge is 0.394 e. The van der Waals surface area contributed by atoms with Crippen LogP contribution >= 0.6 is 11.8 Å². The van der Waals surface area contributed by atoms with Gasteiger partial charge in [0.1, 0.15) is 11.5 Å². The number of nitrogens with one attached hydrogen (secondary N) is 1. The molecule has 0 aliphatic carbocycles. The van der Waals surface area contributed by atoms with E-state index in [9.17, 15) is 18.6 Å². The van der Waals surface area contributed by atoms with Gasteiger partial charge in [0.25, 0.3) is 0 Å². The maximum absolute atomic E-state index is 15.7. The summed E-state index contributed by atoms with van der Waals surface area (Å²) in [6.45, 7) is 5.74. The summed E-state index contributed by atoms with van der Waals surface area (Å²) >= 11 is 1.25. The van der Waals surface area contributed by atoms with E-state index in [-0.39, 0.29) is 24.5 Å². The van der Waals surface area contributed by atoms with E-state index >= 15 is 4.39 Å². The zero-order valence-corrected chi connectivity index (χ0v) is 29.3. The van der Waals surface area contributed by atoms with Gasteiger partial charge in [0, 0.05) is 41.7 Å². The Labute approximate surface area is 285 Å². The van der Waals surface area contributed by atoms with Gasteiger partial charge in [0.05, 0.1) is 34.5 Å². The fourth-order valence-corrected chi connectivity index (χ4v) is 9.84. The Morgan fingerprint density at radius 1 is 1.12 bits per heavy atom. The molecular formula is C36H42FN5O4S2. The van der Waals surface area contributed by atoms with Crippen LogP contribution in [-0.4, -0.2) is 67.6 Å². The molecule has 9 nitrogen and oxygen atoms in total. The van der Waals surface area contributed by atoms with Crippen LogP contribution in [0.5, 0.6) is 0 Å². The molecule has 0 saturated heterocycles. The van der Waals surface area contributed by atoms with Crippen molar-refractivity contribution in [2.24, 2.45) is 12.5 Å². The Kier molecular flexibility index (Phi) is 9.56. The highest BCUT2D eigenvalue weighted by molar-refractivity contribution is 7.99. The van der Waals surface area contributed by atoms with Crippen molar-refractivity contribution in [3.8, 4) is 11.5 Å². The minimum atomic E-state index is -3.49. The van der Waals surface area contributed by atoms with Crippen LogP contribution in [0.4, 0.5) is 4.39 Å². The number of nitrogens with zero attached hydrogens (tertiary/aromatic N) is 4. The van der Waals surface area contributed by atoms with E-state index in [1.54, 1.807) is 17.1 Å². The number of aliphatic hydroxyl groups is 2. The number of fused-ring (bicyclic) bond motifs is 8. The molecule has 12 heteroatoms. The Bertz CT molecular complexity index is 2060. The van der Waals surface area contributed by atoms with Gasteiger partial charge in [-0.05, 0) is 72.6 Å². The molecule has 3 aromatic heterocycles. The quantitative estimate of drug-likeness (QED) is 0.209. The van der Waals surface area contributed by atoms with Crippen LogP contribution in [-0.2, 0) is 35.1 Å². The topological polar surface area (TPSA) is 134 Å². The number of aliphatic hydroxyl groups excluding tert-OH is 2. The molecule has 5 aromatic rings. The van der Waals surface area contributed by atoms with E-state index in [1.165, 1.54) is 17.8 Å². The second-order valence-electron chi connectivity index (χ2n) is 13.9. The minimum absolute atomic E-state index is 0.0129. The smallest absolute Gasteiger partial charge is 0.176 e. The lowest BCUT2D eigenvalue weighted by Crippen LogP contribution is -2.29. The van der Waals surface area contributed by atoms with Crippen molar-refractivity contribution in [1.82, 2.24) is 24.7 Å². The van der Waals surface area contributed by atoms with Crippen molar-refractivity contribution in [3.05, 3.63) is 89.3 Å². The molecule has 4 bridgehead atoms. The molecular weight excluding hydrogens is 650 g/mol. The first kappa shape index (κ1) is 34.3. The molecule has 3 N–H and O–H groups in total. The van der Waals surface area contributed by atoms with Crippen molar-refractivity contribution in [2.45, 2.75) is 74.2 Å². The molecule has 6 rings (SSSR count). The second-order valence-corrected chi connectivity index (χ2v) is 17.2. The highest BCUT2D eigenvalue weighted by Gasteiger charge is 2.36. The van der Waals surface area contributed by atoms with E-state index in [0.717, 1.165) is 21.4 Å². The molecule has 0 spiro atoms. The lowest BCUT2D eigenvalue weighted by molar-refractivity contribution is 0.0955. The number of aryl methyl sites for hydroxylation is 2. The zero-order valence-electron chi connectivity index (χ0n) is 27.7. The van der Waals surface area contributed by atoms with Gasteiger partial charge in [-0.1, -0.05) is 56.3 Å². The number of aromatic amines is 1. The third kappa shape index (κ3) is 7.22. The van der Waals surface area contributed by atoms with E-state index in [1.807, 2.05) is 63.4 Å². The summed E-state index contributed by atoms with van der Waals surface area (Å²) in [6, 6.07) is 14.9. The Morgan fingerprint density at radius 2 is 1.94 bits per heavy atom. The highest BCUT2D eigenvalue weighted by Crippen LogP contribution is 2.41. The van der Waals surface area contributed by atoms with Crippen LogP contribution < -0.4 is 0 Å². The summed E-state index contributed by atoms with van der Waals surface area (Å²) in [7, 11) is -1.67. The fraction of sp³-hybridized carbons (Fsp3) is 0.417. The molecule has 2 atom stereocenters. The SMILES string of the molecule is Cn1nc2nc1-c1cc(ccn1)Sc1c(F)cc3[nH]ccc3c1CCS(=O)(=O)CC(C)(C)CCC[C@]2(C)c1cccc(C[C@@H](O)CO)c1. The van der Waals surface area contributed by atoms with Gasteiger partial charge >= 0.3 is 0 Å². The van der Waals surface area contributed by atoms with Crippen LogP contribution in [0.3, 0.4) is 0 Å². The number of sulfone groups is 1. The lowest BCUT2D eigenvalue weighted by atomic mass is 9.75. The Morgan fingerprint density at radius 3 is 2.73 bits per heavy atom. The van der Waals surface area contributed by atoms with Crippen LogP contribution in [0, 0.1) is 11.2 Å². The van der Waals surface area contributed by atoms with Crippen LogP contribution in [0.25, 0.3) is 22.4 Å². The summed E-state index contributed by atoms with van der Waals surface area (Å²) in [5.41, 5.74) is 2.56. The normalized spacial score (nSPS) is 20.5. The second kappa shape index (κ2) is 13.4. The van der Waals surface area contributed by atoms with Gasteiger partial charge in [-0.25, -0.2) is 22.5 Å². The molecule has 1 aliphatic rings. The Hall–Kier alpha value is -3.58. The minimum Gasteiger partial charge on any atom is -0.394 e. The number of halogens is 1. The summed E-state index contributed by atoms with van der Waals surface area (Å²) in [5, 5.41) is 25.3. The molecule has 0 unspecified atom stereocenters. The zero-order chi connectivity index (χ0) is 34.3. The molecule has 48 heavy (non-hydrogen) atoms. The maximum atomic E-state index is 15.7. The number of aromatic nitrogens is 5. The lowest BCUT2D eigenvalue weighted by Gasteiger charge is -2.31. The Balaban J connectivity index is 1.48. The van der Waals surface area contributed by atoms with Crippen molar-refractivity contribution < 1.29 is 23.0 Å².